The molecular weight excluding hydrogens is 1290 g/mol. The summed E-state index contributed by atoms with van der Waals surface area (Å²) < 4.78 is 36.1. The van der Waals surface area contributed by atoms with Crippen molar-refractivity contribution in [1.82, 2.24) is 15.7 Å². The van der Waals surface area contributed by atoms with Crippen molar-refractivity contribution in [2.45, 2.75) is 237 Å². The third-order valence-electron chi connectivity index (χ3n) is 18.8. The Bertz CT molecular complexity index is 3270. The number of aliphatic hydroxyl groups excluding tert-OH is 2. The van der Waals surface area contributed by atoms with Gasteiger partial charge in [0.05, 0.1) is 68.3 Å². The lowest BCUT2D eigenvalue weighted by Gasteiger charge is -2.39. The van der Waals surface area contributed by atoms with Crippen molar-refractivity contribution in [3.05, 3.63) is 143 Å². The Morgan fingerprint density at radius 2 is 1.03 bits per heavy atom. The topological polar surface area (TPSA) is 354 Å². The summed E-state index contributed by atoms with van der Waals surface area (Å²) in [4.78, 5) is 100. The number of epoxide rings is 2. The fraction of sp³-hybridized carbons (Fsp3) is 0.573. The molecule has 2 aromatic carbocycles. The fourth-order valence-electron chi connectivity index (χ4n) is 12.5. The Kier molecular flexibility index (Phi) is 30.7. The van der Waals surface area contributed by atoms with Gasteiger partial charge in [-0.2, -0.15) is 0 Å². The number of primary amides is 2. The van der Waals surface area contributed by atoms with E-state index >= 15 is 0 Å². The first kappa shape index (κ1) is 80.9. The van der Waals surface area contributed by atoms with Gasteiger partial charge in [-0.3, -0.25) is 33.6 Å². The van der Waals surface area contributed by atoms with E-state index in [9.17, 15) is 48.6 Å². The van der Waals surface area contributed by atoms with Gasteiger partial charge in [0.1, 0.15) is 41.4 Å². The zero-order valence-electron chi connectivity index (χ0n) is 58.8. The first-order valence-electron chi connectivity index (χ1n) is 34.4. The highest BCUT2D eigenvalue weighted by atomic mass is 35.5. The summed E-state index contributed by atoms with van der Waals surface area (Å²) in [5.74, 6) is -1.67. The molecule has 0 aliphatic carbocycles. The van der Waals surface area contributed by atoms with Crippen LogP contribution < -0.4 is 27.8 Å². The highest BCUT2D eigenvalue weighted by Crippen LogP contribution is 2.45. The number of carbonyl (C=O) groups excluding carboxylic acids is 8. The molecule has 9 rings (SSSR count). The van der Waals surface area contributed by atoms with Crippen LogP contribution in [0.5, 0.6) is 0 Å². The predicted molar refractivity (Wildman–Crippen MR) is 374 cm³/mol. The molecule has 0 unspecified atom stereocenters. The zero-order chi connectivity index (χ0) is 71.6. The monoisotopic (exact) mass is 1400 g/mol. The van der Waals surface area contributed by atoms with Gasteiger partial charge in [0.25, 0.3) is 11.8 Å². The number of aliphatic hydroxyl groups is 2. The Morgan fingerprint density at radius 3 is 1.41 bits per heavy atom. The Hall–Kier alpha value is -7.03. The van der Waals surface area contributed by atoms with Crippen molar-refractivity contribution in [1.29, 1.82) is 0 Å². The molecule has 0 bridgehead atoms. The van der Waals surface area contributed by atoms with Gasteiger partial charge in [-0.25, -0.2) is 4.79 Å². The van der Waals surface area contributed by atoms with E-state index in [-0.39, 0.29) is 110 Å². The molecule has 6 amide bonds. The number of amides is 6. The minimum Gasteiger partial charge on any atom is -0.387 e. The fourth-order valence-corrected chi connectivity index (χ4v) is 12.5. The van der Waals surface area contributed by atoms with Crippen molar-refractivity contribution < 1.29 is 81.8 Å². The molecule has 7 saturated heterocycles. The van der Waals surface area contributed by atoms with Crippen LogP contribution in [0.1, 0.15) is 172 Å². The van der Waals surface area contributed by atoms with E-state index in [1.807, 2.05) is 97.9 Å². The van der Waals surface area contributed by atoms with Gasteiger partial charge in [0.15, 0.2) is 0 Å². The van der Waals surface area contributed by atoms with Crippen LogP contribution in [0, 0.1) is 23.7 Å². The number of aryl methyl sites for hydroxylation is 1. The minimum absolute atomic E-state index is 0. The van der Waals surface area contributed by atoms with Crippen LogP contribution in [-0.2, 0) is 75.0 Å². The number of rotatable bonds is 25. The normalized spacial score (nSPS) is 30.7. The van der Waals surface area contributed by atoms with Crippen LogP contribution in [0.3, 0.4) is 0 Å². The number of halogens is 1. The SMILES string of the molecule is CC(/C=C/[C@H]1O[C@H](CC(=O)CCc2ccc(C(N)=O)cc2)C[C@@]2(CO2)[C@@H]1O)=C\C[C@@H]1O[C@H](C)[C@H](NC(=O)/C=C\C(C)C)C[C@@H]1C.CC(/C=C/[C@H]1O[C@H](CC(=O)ON2C(=O)CCC2=O)C[C@@]2(CO2)[C@@H]1O)=C\C[C@@H]1O[C@H](C)[C@H](NC(=O)/C=C\C(C)C)C[C@@H]1C.Cl.NCc1ccc(C(N)=O)cc1. The van der Waals surface area contributed by atoms with Crippen molar-refractivity contribution in [2.75, 3.05) is 13.2 Å². The number of nitrogens with zero attached hydrogens (tertiary/aromatic N) is 1. The van der Waals surface area contributed by atoms with Crippen molar-refractivity contribution >= 4 is 59.6 Å². The number of carbonyl (C=O) groups is 8. The van der Waals surface area contributed by atoms with Crippen LogP contribution in [0.15, 0.2) is 120 Å². The minimum atomic E-state index is -0.902. The second kappa shape index (κ2) is 37.6. The van der Waals surface area contributed by atoms with E-state index in [1.165, 1.54) is 0 Å². The number of Topliss-reactive ketones (excluding diaryl/α,β-unsaturated/α-hetero) is 1. The average Bonchev–Trinajstić information content (AvgIpc) is 1.63. The summed E-state index contributed by atoms with van der Waals surface area (Å²) in [6.45, 7) is 21.7. The Labute approximate surface area is 588 Å². The molecule has 0 saturated carbocycles. The first-order chi connectivity index (χ1) is 46.4. The number of allylic oxidation sites excluding steroid dienone is 6. The van der Waals surface area contributed by atoms with Gasteiger partial charge < -0.3 is 71.3 Å². The lowest BCUT2D eigenvalue weighted by atomic mass is 9.86. The first-order valence-corrected chi connectivity index (χ1v) is 34.4. The van der Waals surface area contributed by atoms with Crippen LogP contribution in [0.25, 0.3) is 0 Å². The van der Waals surface area contributed by atoms with E-state index in [2.05, 4.69) is 36.6 Å². The summed E-state index contributed by atoms with van der Waals surface area (Å²) in [5, 5.41) is 28.5. The molecule has 10 N–H and O–H groups in total. The summed E-state index contributed by atoms with van der Waals surface area (Å²) in [6, 6.07) is 13.8. The van der Waals surface area contributed by atoms with E-state index in [1.54, 1.807) is 54.6 Å². The number of nitrogens with two attached hydrogens (primary N) is 3. The average molecular weight is 1400 g/mol. The summed E-state index contributed by atoms with van der Waals surface area (Å²) >= 11 is 0. The number of ether oxygens (including phenoxy) is 6. The Balaban J connectivity index is 0.000000268. The van der Waals surface area contributed by atoms with E-state index in [0.29, 0.717) is 79.9 Å². The Morgan fingerprint density at radius 1 is 0.626 bits per heavy atom. The van der Waals surface area contributed by atoms with Gasteiger partial charge in [-0.1, -0.05) is 126 Å². The second-order valence-electron chi connectivity index (χ2n) is 28.0. The number of imide groups is 1. The third-order valence-corrected chi connectivity index (χ3v) is 18.8. The van der Waals surface area contributed by atoms with Gasteiger partial charge in [-0.05, 0) is 131 Å². The molecule has 0 radical (unpaired) electrons. The largest absolute Gasteiger partial charge is 0.387 e. The maximum absolute atomic E-state index is 12.8. The third kappa shape index (κ3) is 24.6. The molecule has 0 aromatic heterocycles. The molecule has 16 atom stereocenters. The van der Waals surface area contributed by atoms with Gasteiger partial charge in [-0.15, -0.1) is 17.5 Å². The summed E-state index contributed by atoms with van der Waals surface area (Å²) in [7, 11) is 0. The van der Waals surface area contributed by atoms with Gasteiger partial charge in [0, 0.05) is 56.2 Å². The molecule has 7 aliphatic rings. The van der Waals surface area contributed by atoms with Crippen LogP contribution >= 0.6 is 12.4 Å². The van der Waals surface area contributed by atoms with Crippen molar-refractivity contribution in [3.63, 3.8) is 0 Å². The van der Waals surface area contributed by atoms with E-state index < -0.39 is 71.3 Å². The summed E-state index contributed by atoms with van der Waals surface area (Å²) in [6.07, 6.45) is 19.4. The smallest absolute Gasteiger partial charge is 0.335 e. The highest BCUT2D eigenvalue weighted by molar-refractivity contribution is 6.01. The van der Waals surface area contributed by atoms with E-state index in [0.717, 1.165) is 41.5 Å². The molecule has 99 heavy (non-hydrogen) atoms. The van der Waals surface area contributed by atoms with Gasteiger partial charge in [0.2, 0.25) is 23.6 Å². The lowest BCUT2D eigenvalue weighted by Crippen LogP contribution is -2.50. The molecule has 24 heteroatoms. The van der Waals surface area contributed by atoms with Crippen molar-refractivity contribution in [2.24, 2.45) is 40.9 Å². The second-order valence-corrected chi connectivity index (χ2v) is 28.0. The zero-order valence-corrected chi connectivity index (χ0v) is 59.7. The standard InChI is InChI=1S/C36H50N2O7.C31H44N2O9.C8H10N2O.ClH/c1-22(2)6-17-33(40)38-30-18-24(4)31(44-25(30)5)15-7-23(3)8-16-32-34(41)36(21-43-36)20-29(45-32)19-28(39)14-11-26-9-12-27(13-10-26)35(37)42;1-18(2)6-11-26(34)32-23-14-20(4)24(40-21(23)5)9-7-19(3)8-10-25-30(38)31(17-39-31)16-22(41-25)15-29(37)42-33-27(35)12-13-28(33)36;9-5-6-1-3-7(4-2-6)8(10)11;/h6-10,12-13,16-17,22,24-25,29-32,34,41H,11,14-15,18-21H2,1-5H3,(H2,37,42)(H,38,40);6-8,10-11,18,20-25,30,38H,9,12-17H2,1-5H3,(H,32,34);1-4H,5,9H2,(H2,10,11);1H/b16-8+,17-6-,23-7+;10-8+,11-6-,19-7+;;/t24-,25+,29+,30+,31-,32+,34+,36+;20-,21+,22+,23+,24-,25+,30+,31+;;/m00../s1. The number of hydrogen-bond acceptors (Lipinski definition) is 18. The molecule has 2 aromatic rings. The number of nitrogens with one attached hydrogen (secondary N) is 2. The number of hydrogen-bond donors (Lipinski definition) is 7. The molecule has 2 spiro atoms. The molecule has 23 nitrogen and oxygen atoms in total. The maximum Gasteiger partial charge on any atom is 0.335 e. The van der Waals surface area contributed by atoms with Crippen LogP contribution in [-0.4, -0.2) is 160 Å². The number of hydroxylamine groups is 2. The van der Waals surface area contributed by atoms with Crippen LogP contribution in [0.4, 0.5) is 0 Å². The molecular formula is C75H105ClN6O17. The number of ketones is 1. The maximum atomic E-state index is 12.8. The van der Waals surface area contributed by atoms with Crippen LogP contribution in [0.2, 0.25) is 0 Å². The molecule has 7 aliphatic heterocycles. The lowest BCUT2D eigenvalue weighted by molar-refractivity contribution is -0.202. The quantitative estimate of drug-likeness (QED) is 0.0216. The van der Waals surface area contributed by atoms with E-state index in [4.69, 9.17) is 50.5 Å². The molecule has 7 heterocycles. The summed E-state index contributed by atoms with van der Waals surface area (Å²) in [5.41, 5.74) is 19.2. The van der Waals surface area contributed by atoms with Crippen molar-refractivity contribution in [3.8, 4) is 0 Å². The molecule has 544 valence electrons. The predicted octanol–water partition coefficient (Wildman–Crippen LogP) is 7.71. The molecule has 7 fully saturated rings. The highest BCUT2D eigenvalue weighted by Gasteiger charge is 2.59. The van der Waals surface area contributed by atoms with Gasteiger partial charge >= 0.3 is 5.97 Å². The number of benzene rings is 2.